The van der Waals surface area contributed by atoms with E-state index in [9.17, 15) is 19.8 Å². The second-order valence-electron chi connectivity index (χ2n) is 20.7. The van der Waals surface area contributed by atoms with Crippen LogP contribution in [0.5, 0.6) is 0 Å². The molecule has 6 heteroatoms. The molecule has 2 atom stereocenters. The van der Waals surface area contributed by atoms with Gasteiger partial charge in [0.05, 0.1) is 25.4 Å². The summed E-state index contributed by atoms with van der Waals surface area (Å²) in [6.45, 7) is 4.89. The quantitative estimate of drug-likeness (QED) is 0.0321. The highest BCUT2D eigenvalue weighted by Crippen LogP contribution is 2.17. The molecule has 6 nitrogen and oxygen atoms in total. The summed E-state index contributed by atoms with van der Waals surface area (Å²) in [4.78, 5) is 24.5. The molecule has 67 heavy (non-hydrogen) atoms. The number of hydrogen-bond donors (Lipinski definition) is 3. The van der Waals surface area contributed by atoms with Gasteiger partial charge in [0.2, 0.25) is 5.91 Å². The number of amides is 1. The van der Waals surface area contributed by atoms with E-state index in [1.54, 1.807) is 6.08 Å². The van der Waals surface area contributed by atoms with Crippen LogP contribution in [0, 0.1) is 0 Å². The second-order valence-corrected chi connectivity index (χ2v) is 20.7. The van der Waals surface area contributed by atoms with E-state index in [0.717, 1.165) is 44.9 Å². The van der Waals surface area contributed by atoms with E-state index < -0.39 is 12.1 Å². The maximum absolute atomic E-state index is 12.5. The SMILES string of the molecule is CCCCC/C=C\CCCCCCCC(=O)OCCCCCCCCCCCCCCCCCCCCCCCCC(=O)NC(CO)C(O)/C=C/CCCCCCCCCCCCCCCC. The van der Waals surface area contributed by atoms with Gasteiger partial charge >= 0.3 is 5.97 Å². The fraction of sp³-hybridized carbons (Fsp3) is 0.902. The minimum Gasteiger partial charge on any atom is -0.466 e. The standard InChI is InChI=1S/C61H117NO5/c1-3-5-7-9-11-13-15-17-18-27-30-33-37-41-45-49-53-59(64)58(57-63)62-60(65)54-50-46-42-38-34-31-28-25-23-21-19-20-22-24-26-29-32-36-40-44-48-52-56-67-61(66)55-51-47-43-39-35-16-14-12-10-8-6-4-2/h12,14,49,53,58-59,63-64H,3-11,13,15-48,50-52,54-57H2,1-2H3,(H,62,65)/b14-12-,53-49+. The lowest BCUT2D eigenvalue weighted by molar-refractivity contribution is -0.143. The van der Waals surface area contributed by atoms with Gasteiger partial charge in [-0.2, -0.15) is 0 Å². The summed E-state index contributed by atoms with van der Waals surface area (Å²) in [5.41, 5.74) is 0. The van der Waals surface area contributed by atoms with Crippen LogP contribution < -0.4 is 5.32 Å². The van der Waals surface area contributed by atoms with Crippen molar-refractivity contribution in [2.45, 2.75) is 341 Å². The molecule has 0 heterocycles. The highest BCUT2D eigenvalue weighted by Gasteiger charge is 2.18. The van der Waals surface area contributed by atoms with Crippen LogP contribution in [0.2, 0.25) is 0 Å². The maximum Gasteiger partial charge on any atom is 0.305 e. The Morgan fingerprint density at radius 2 is 0.701 bits per heavy atom. The summed E-state index contributed by atoms with van der Waals surface area (Å²) >= 11 is 0. The molecule has 0 saturated carbocycles. The Balaban J connectivity index is 3.41. The van der Waals surface area contributed by atoms with E-state index in [4.69, 9.17) is 4.74 Å². The number of carbonyl (C=O) groups is 2. The van der Waals surface area contributed by atoms with Crippen LogP contribution in [0.4, 0.5) is 0 Å². The number of nitrogens with one attached hydrogen (secondary N) is 1. The third kappa shape index (κ3) is 53.5. The van der Waals surface area contributed by atoms with Crippen molar-refractivity contribution in [2.75, 3.05) is 13.2 Å². The highest BCUT2D eigenvalue weighted by atomic mass is 16.5. The molecule has 0 aliphatic rings. The second kappa shape index (κ2) is 56.9. The zero-order chi connectivity index (χ0) is 48.6. The molecule has 0 radical (unpaired) electrons. The van der Waals surface area contributed by atoms with Crippen molar-refractivity contribution < 1.29 is 24.5 Å². The predicted octanol–water partition coefficient (Wildman–Crippen LogP) is 18.6. The summed E-state index contributed by atoms with van der Waals surface area (Å²) in [6.07, 6.45) is 69.2. The Labute approximate surface area is 418 Å². The number of carbonyl (C=O) groups excluding carboxylic acids is 2. The Hall–Kier alpha value is -1.66. The Bertz CT molecular complexity index is 1040. The van der Waals surface area contributed by atoms with Gasteiger partial charge < -0.3 is 20.3 Å². The third-order valence-corrected chi connectivity index (χ3v) is 14.0. The molecule has 0 saturated heterocycles. The predicted molar refractivity (Wildman–Crippen MR) is 292 cm³/mol. The zero-order valence-corrected chi connectivity index (χ0v) is 45.1. The highest BCUT2D eigenvalue weighted by molar-refractivity contribution is 5.76. The van der Waals surface area contributed by atoms with Crippen molar-refractivity contribution in [3.63, 3.8) is 0 Å². The minimum atomic E-state index is -0.844. The van der Waals surface area contributed by atoms with E-state index >= 15 is 0 Å². The minimum absolute atomic E-state index is 0.00275. The van der Waals surface area contributed by atoms with Gasteiger partial charge in [-0.1, -0.05) is 282 Å². The van der Waals surface area contributed by atoms with Gasteiger partial charge in [0, 0.05) is 12.8 Å². The van der Waals surface area contributed by atoms with Crippen LogP contribution >= 0.6 is 0 Å². The van der Waals surface area contributed by atoms with Crippen molar-refractivity contribution in [3.05, 3.63) is 24.3 Å². The number of aliphatic hydroxyl groups excluding tert-OH is 2. The number of ether oxygens (including phenoxy) is 1. The van der Waals surface area contributed by atoms with Gasteiger partial charge in [-0.15, -0.1) is 0 Å². The Morgan fingerprint density at radius 3 is 1.09 bits per heavy atom. The van der Waals surface area contributed by atoms with Crippen LogP contribution in [-0.2, 0) is 14.3 Å². The van der Waals surface area contributed by atoms with E-state index in [1.807, 2.05) is 6.08 Å². The van der Waals surface area contributed by atoms with Crippen LogP contribution in [0.15, 0.2) is 24.3 Å². The zero-order valence-electron chi connectivity index (χ0n) is 45.1. The number of esters is 1. The Kier molecular flexibility index (Phi) is 55.5. The van der Waals surface area contributed by atoms with Crippen LogP contribution in [0.1, 0.15) is 328 Å². The average Bonchev–Trinajstić information content (AvgIpc) is 3.33. The number of hydrogen-bond acceptors (Lipinski definition) is 5. The monoisotopic (exact) mass is 944 g/mol. The van der Waals surface area contributed by atoms with Gasteiger partial charge in [0.1, 0.15) is 0 Å². The molecular weight excluding hydrogens is 827 g/mol. The van der Waals surface area contributed by atoms with Crippen molar-refractivity contribution in [1.82, 2.24) is 5.32 Å². The van der Waals surface area contributed by atoms with Crippen molar-refractivity contribution >= 4 is 11.9 Å². The van der Waals surface area contributed by atoms with Gasteiger partial charge in [0.25, 0.3) is 0 Å². The fourth-order valence-corrected chi connectivity index (χ4v) is 9.34. The topological polar surface area (TPSA) is 95.9 Å². The molecule has 2 unspecified atom stereocenters. The molecule has 3 N–H and O–H groups in total. The van der Waals surface area contributed by atoms with Crippen molar-refractivity contribution in [2.24, 2.45) is 0 Å². The van der Waals surface area contributed by atoms with Crippen LogP contribution in [-0.4, -0.2) is 47.4 Å². The molecule has 0 rings (SSSR count). The first-order valence-electron chi connectivity index (χ1n) is 30.1. The first kappa shape index (κ1) is 65.3. The van der Waals surface area contributed by atoms with E-state index in [2.05, 4.69) is 31.3 Å². The maximum atomic E-state index is 12.5. The number of allylic oxidation sites excluding steroid dienone is 3. The molecule has 0 aromatic heterocycles. The van der Waals surface area contributed by atoms with Gasteiger partial charge in [0.15, 0.2) is 0 Å². The van der Waals surface area contributed by atoms with Crippen molar-refractivity contribution in [1.29, 1.82) is 0 Å². The lowest BCUT2D eigenvalue weighted by Gasteiger charge is -2.20. The lowest BCUT2D eigenvalue weighted by Crippen LogP contribution is -2.45. The number of unbranched alkanes of at least 4 members (excludes halogenated alkanes) is 43. The first-order valence-corrected chi connectivity index (χ1v) is 30.1. The summed E-state index contributed by atoms with van der Waals surface area (Å²) < 4.78 is 5.46. The summed E-state index contributed by atoms with van der Waals surface area (Å²) in [5, 5.41) is 23.1. The third-order valence-electron chi connectivity index (χ3n) is 14.0. The smallest absolute Gasteiger partial charge is 0.305 e. The molecule has 1 amide bonds. The van der Waals surface area contributed by atoms with Gasteiger partial charge in [-0.3, -0.25) is 9.59 Å². The molecule has 0 aromatic rings. The number of rotatable bonds is 56. The summed E-state index contributed by atoms with van der Waals surface area (Å²) in [5.74, 6) is -0.0637. The van der Waals surface area contributed by atoms with E-state index in [0.29, 0.717) is 19.4 Å². The van der Waals surface area contributed by atoms with E-state index in [-0.39, 0.29) is 18.5 Å². The van der Waals surface area contributed by atoms with Crippen molar-refractivity contribution in [3.8, 4) is 0 Å². The van der Waals surface area contributed by atoms with Crippen LogP contribution in [0.3, 0.4) is 0 Å². The Morgan fingerprint density at radius 1 is 0.403 bits per heavy atom. The molecular formula is C61H117NO5. The summed E-state index contributed by atoms with van der Waals surface area (Å²) in [6, 6.07) is -0.627. The molecule has 0 fully saturated rings. The largest absolute Gasteiger partial charge is 0.466 e. The summed E-state index contributed by atoms with van der Waals surface area (Å²) in [7, 11) is 0. The molecule has 396 valence electrons. The van der Waals surface area contributed by atoms with Gasteiger partial charge in [-0.25, -0.2) is 0 Å². The molecule has 0 aliphatic carbocycles. The fourth-order valence-electron chi connectivity index (χ4n) is 9.34. The molecule has 0 bridgehead atoms. The van der Waals surface area contributed by atoms with E-state index in [1.165, 1.54) is 257 Å². The normalized spacial score (nSPS) is 12.7. The molecule has 0 aromatic carbocycles. The van der Waals surface area contributed by atoms with Gasteiger partial charge in [-0.05, 0) is 57.8 Å². The average molecular weight is 945 g/mol. The lowest BCUT2D eigenvalue weighted by atomic mass is 10.0. The molecule has 0 spiro atoms. The number of aliphatic hydroxyl groups is 2. The van der Waals surface area contributed by atoms with Crippen LogP contribution in [0.25, 0.3) is 0 Å². The first-order chi connectivity index (χ1) is 33.0. The molecule has 0 aliphatic heterocycles.